The zero-order valence-electron chi connectivity index (χ0n) is 19.0. The van der Waals surface area contributed by atoms with Crippen LogP contribution in [0.25, 0.3) is 0 Å². The predicted molar refractivity (Wildman–Crippen MR) is 135 cm³/mol. The van der Waals surface area contributed by atoms with Crippen molar-refractivity contribution < 1.29 is 0 Å². The van der Waals surface area contributed by atoms with Gasteiger partial charge in [-0.3, -0.25) is 0 Å². The quantitative estimate of drug-likeness (QED) is 0.337. The number of hydrogen-bond donors (Lipinski definition) is 2. The van der Waals surface area contributed by atoms with Gasteiger partial charge in [0.2, 0.25) is 0 Å². The number of hydrogen-bond acceptors (Lipinski definition) is 3. The molecule has 0 bridgehead atoms. The first-order valence-electron chi connectivity index (χ1n) is 10.8. The van der Waals surface area contributed by atoms with Crippen molar-refractivity contribution in [1.82, 2.24) is 25.4 Å². The SMILES string of the molecule is Cc1nnc(CN=C(NCCc2ccc(C(C)(C)C)cc2)NC2CCCC2)n1C.I. The number of aromatic nitrogens is 3. The third-order valence-electron chi connectivity index (χ3n) is 5.78. The lowest BCUT2D eigenvalue weighted by Gasteiger charge is -2.19. The number of benzene rings is 1. The van der Waals surface area contributed by atoms with Gasteiger partial charge in [-0.25, -0.2) is 4.99 Å². The van der Waals surface area contributed by atoms with Crippen molar-refractivity contribution in [2.24, 2.45) is 12.0 Å². The van der Waals surface area contributed by atoms with Crippen molar-refractivity contribution in [3.63, 3.8) is 0 Å². The Hall–Kier alpha value is -1.64. The minimum atomic E-state index is 0. The molecule has 1 aliphatic rings. The summed E-state index contributed by atoms with van der Waals surface area (Å²) in [6, 6.07) is 9.50. The predicted octanol–water partition coefficient (Wildman–Crippen LogP) is 4.26. The van der Waals surface area contributed by atoms with Crippen molar-refractivity contribution in [3.05, 3.63) is 47.0 Å². The minimum absolute atomic E-state index is 0. The third-order valence-corrected chi connectivity index (χ3v) is 5.78. The lowest BCUT2D eigenvalue weighted by Crippen LogP contribution is -2.43. The highest BCUT2D eigenvalue weighted by atomic mass is 127. The summed E-state index contributed by atoms with van der Waals surface area (Å²) in [7, 11) is 1.99. The first-order chi connectivity index (χ1) is 13.8. The Labute approximate surface area is 198 Å². The molecule has 1 aromatic carbocycles. The lowest BCUT2D eigenvalue weighted by molar-refractivity contribution is 0.590. The van der Waals surface area contributed by atoms with Gasteiger partial charge in [-0.15, -0.1) is 34.2 Å². The summed E-state index contributed by atoms with van der Waals surface area (Å²) in [5.74, 6) is 2.67. The van der Waals surface area contributed by atoms with Crippen LogP contribution in [0.2, 0.25) is 0 Å². The molecule has 30 heavy (non-hydrogen) atoms. The Bertz CT molecular complexity index is 813. The molecule has 166 valence electrons. The van der Waals surface area contributed by atoms with Crippen LogP contribution in [0.5, 0.6) is 0 Å². The Kier molecular flexibility index (Phi) is 9.12. The van der Waals surface area contributed by atoms with Crippen molar-refractivity contribution >= 4 is 29.9 Å². The minimum Gasteiger partial charge on any atom is -0.356 e. The molecule has 0 atom stereocenters. The monoisotopic (exact) mass is 524 g/mol. The molecule has 0 radical (unpaired) electrons. The van der Waals surface area contributed by atoms with Gasteiger partial charge in [0.1, 0.15) is 12.4 Å². The molecule has 0 aliphatic heterocycles. The van der Waals surface area contributed by atoms with E-state index >= 15 is 0 Å². The van der Waals surface area contributed by atoms with E-state index in [2.05, 4.69) is 65.9 Å². The fourth-order valence-corrected chi connectivity index (χ4v) is 3.65. The normalized spacial score (nSPS) is 15.2. The van der Waals surface area contributed by atoms with Crippen LogP contribution in [0.15, 0.2) is 29.3 Å². The summed E-state index contributed by atoms with van der Waals surface area (Å²) < 4.78 is 1.99. The van der Waals surface area contributed by atoms with Gasteiger partial charge < -0.3 is 15.2 Å². The Morgan fingerprint density at radius 3 is 2.37 bits per heavy atom. The summed E-state index contributed by atoms with van der Waals surface area (Å²) in [5.41, 5.74) is 2.91. The van der Waals surface area contributed by atoms with E-state index in [1.807, 2.05) is 18.5 Å². The standard InChI is InChI=1S/C23H36N6.HI/c1-17-27-28-21(29(17)5)16-25-22(26-20-8-6-7-9-20)24-15-14-18-10-12-19(13-11-18)23(2,3)4;/h10-13,20H,6-9,14-16H2,1-5H3,(H2,24,25,26);1H. The van der Waals surface area contributed by atoms with Crippen LogP contribution >= 0.6 is 24.0 Å². The number of rotatable bonds is 6. The number of nitrogens with one attached hydrogen (secondary N) is 2. The number of aryl methyl sites for hydroxylation is 1. The zero-order chi connectivity index (χ0) is 20.9. The van der Waals surface area contributed by atoms with Crippen molar-refractivity contribution in [2.75, 3.05) is 6.54 Å². The van der Waals surface area contributed by atoms with Crippen LogP contribution in [-0.2, 0) is 25.4 Å². The molecule has 1 heterocycles. The zero-order valence-corrected chi connectivity index (χ0v) is 21.4. The van der Waals surface area contributed by atoms with E-state index in [1.54, 1.807) is 0 Å². The number of halogens is 1. The van der Waals surface area contributed by atoms with Gasteiger partial charge in [-0.1, -0.05) is 57.9 Å². The molecule has 0 amide bonds. The average molecular weight is 524 g/mol. The van der Waals surface area contributed by atoms with Crippen LogP contribution in [-0.4, -0.2) is 33.3 Å². The van der Waals surface area contributed by atoms with Crippen LogP contribution in [0.4, 0.5) is 0 Å². The Morgan fingerprint density at radius 2 is 1.80 bits per heavy atom. The molecule has 1 aromatic heterocycles. The highest BCUT2D eigenvalue weighted by Gasteiger charge is 2.16. The molecule has 3 rings (SSSR count). The van der Waals surface area contributed by atoms with Crippen molar-refractivity contribution in [3.8, 4) is 0 Å². The van der Waals surface area contributed by atoms with Crippen LogP contribution < -0.4 is 10.6 Å². The molecular formula is C23H37IN6. The summed E-state index contributed by atoms with van der Waals surface area (Å²) in [4.78, 5) is 4.78. The lowest BCUT2D eigenvalue weighted by atomic mass is 9.86. The maximum Gasteiger partial charge on any atom is 0.191 e. The van der Waals surface area contributed by atoms with Crippen LogP contribution in [0, 0.1) is 6.92 Å². The first-order valence-corrected chi connectivity index (χ1v) is 10.8. The molecule has 0 saturated heterocycles. The summed E-state index contributed by atoms with van der Waals surface area (Å²) >= 11 is 0. The average Bonchev–Trinajstić information content (AvgIpc) is 3.30. The third kappa shape index (κ3) is 6.96. The second-order valence-corrected chi connectivity index (χ2v) is 9.14. The van der Waals surface area contributed by atoms with Crippen LogP contribution in [0.3, 0.4) is 0 Å². The van der Waals surface area contributed by atoms with Gasteiger partial charge in [0.25, 0.3) is 0 Å². The summed E-state index contributed by atoms with van der Waals surface area (Å²) in [5, 5.41) is 15.5. The molecule has 2 aromatic rings. The number of guanidine groups is 1. The second kappa shape index (κ2) is 11.1. The van der Waals surface area contributed by atoms with Gasteiger partial charge in [-0.2, -0.15) is 0 Å². The highest BCUT2D eigenvalue weighted by molar-refractivity contribution is 14.0. The van der Waals surface area contributed by atoms with Gasteiger partial charge in [0.05, 0.1) is 0 Å². The molecule has 1 aliphatic carbocycles. The second-order valence-electron chi connectivity index (χ2n) is 9.14. The molecule has 2 N–H and O–H groups in total. The van der Waals surface area contributed by atoms with E-state index in [0.29, 0.717) is 12.6 Å². The van der Waals surface area contributed by atoms with E-state index in [-0.39, 0.29) is 29.4 Å². The highest BCUT2D eigenvalue weighted by Crippen LogP contribution is 2.22. The fraction of sp³-hybridized carbons (Fsp3) is 0.609. The number of nitrogens with zero attached hydrogens (tertiary/aromatic N) is 4. The Balaban J connectivity index is 0.00000320. The number of aliphatic imine (C=N–C) groups is 1. The van der Waals surface area contributed by atoms with Gasteiger partial charge >= 0.3 is 0 Å². The molecular weight excluding hydrogens is 487 g/mol. The largest absolute Gasteiger partial charge is 0.356 e. The maximum atomic E-state index is 4.78. The molecule has 0 unspecified atom stereocenters. The van der Waals surface area contributed by atoms with Crippen molar-refractivity contribution in [2.45, 2.75) is 77.8 Å². The molecule has 7 heteroatoms. The molecule has 1 fully saturated rings. The van der Waals surface area contributed by atoms with E-state index in [1.165, 1.54) is 36.8 Å². The van der Waals surface area contributed by atoms with E-state index < -0.39 is 0 Å². The van der Waals surface area contributed by atoms with Gasteiger partial charge in [0, 0.05) is 19.6 Å². The summed E-state index contributed by atoms with van der Waals surface area (Å²) in [6.07, 6.45) is 6.01. The van der Waals surface area contributed by atoms with Gasteiger partial charge in [-0.05, 0) is 42.7 Å². The molecule has 0 spiro atoms. The summed E-state index contributed by atoms with van der Waals surface area (Å²) in [6.45, 7) is 10.1. The Morgan fingerprint density at radius 1 is 1.13 bits per heavy atom. The maximum absolute atomic E-state index is 4.78. The van der Waals surface area contributed by atoms with E-state index in [9.17, 15) is 0 Å². The topological polar surface area (TPSA) is 67.1 Å². The molecule has 6 nitrogen and oxygen atoms in total. The van der Waals surface area contributed by atoms with E-state index in [4.69, 9.17) is 4.99 Å². The van der Waals surface area contributed by atoms with Crippen LogP contribution in [0.1, 0.15) is 69.2 Å². The fourth-order valence-electron chi connectivity index (χ4n) is 3.65. The van der Waals surface area contributed by atoms with Crippen molar-refractivity contribution in [1.29, 1.82) is 0 Å². The van der Waals surface area contributed by atoms with Gasteiger partial charge in [0.15, 0.2) is 11.8 Å². The van der Waals surface area contributed by atoms with E-state index in [0.717, 1.165) is 30.6 Å². The first kappa shape index (κ1) is 24.6. The molecule has 1 saturated carbocycles. The smallest absolute Gasteiger partial charge is 0.191 e.